The maximum Gasteiger partial charge on any atom is 0.225 e. The molecule has 1 aliphatic carbocycles. The minimum absolute atomic E-state index is 0.00665. The molecule has 1 aromatic heterocycles. The molecule has 2 unspecified atom stereocenters. The number of nitrogens with one attached hydrogen (secondary N) is 1. The van der Waals surface area contributed by atoms with E-state index in [1.807, 2.05) is 6.92 Å². The Morgan fingerprint density at radius 1 is 1.11 bits per heavy atom. The molecule has 6 nitrogen and oxygen atoms in total. The van der Waals surface area contributed by atoms with Crippen molar-refractivity contribution in [1.82, 2.24) is 20.2 Å². The number of guanidine groups is 1. The van der Waals surface area contributed by atoms with Crippen molar-refractivity contribution in [2.75, 3.05) is 37.6 Å². The Bertz CT molecular complexity index is 816. The summed E-state index contributed by atoms with van der Waals surface area (Å²) in [6.45, 7) is 5.80. The monoisotopic (exact) mass is 386 g/mol. The number of nitrogens with zero attached hydrogens (tertiary/aromatic N) is 5. The standard InChI is InChI=1S/C20H24F2N6/c1-2-23-20(26-17-13-14(17)18-15(21)5-3-6-16(18)22)28-11-9-27(10-12-28)19-24-7-4-8-25-19/h3-8,14,17H,2,9-13H2,1H3,(H,23,26). The van der Waals surface area contributed by atoms with Crippen LogP contribution in [0, 0.1) is 11.6 Å². The van der Waals surface area contributed by atoms with E-state index in [0.29, 0.717) is 13.0 Å². The van der Waals surface area contributed by atoms with Gasteiger partial charge in [-0.1, -0.05) is 6.07 Å². The molecule has 4 rings (SSSR count). The zero-order chi connectivity index (χ0) is 19.5. The third-order valence-corrected chi connectivity index (χ3v) is 5.20. The summed E-state index contributed by atoms with van der Waals surface area (Å²) < 4.78 is 28.1. The third-order valence-electron chi connectivity index (χ3n) is 5.20. The lowest BCUT2D eigenvalue weighted by Gasteiger charge is -2.36. The molecule has 2 atom stereocenters. The van der Waals surface area contributed by atoms with E-state index in [-0.39, 0.29) is 17.5 Å². The summed E-state index contributed by atoms with van der Waals surface area (Å²) in [7, 11) is 0. The van der Waals surface area contributed by atoms with Crippen molar-refractivity contribution in [3.05, 3.63) is 53.9 Å². The van der Waals surface area contributed by atoms with Crippen LogP contribution in [0.15, 0.2) is 41.7 Å². The molecule has 1 saturated heterocycles. The van der Waals surface area contributed by atoms with Crippen LogP contribution in [0.25, 0.3) is 0 Å². The molecule has 1 aromatic carbocycles. The summed E-state index contributed by atoms with van der Waals surface area (Å²) in [6, 6.07) is 5.85. The molecule has 1 N–H and O–H groups in total. The number of piperazine rings is 1. The lowest BCUT2D eigenvalue weighted by molar-refractivity contribution is 0.369. The number of rotatable bonds is 4. The number of benzene rings is 1. The van der Waals surface area contributed by atoms with Gasteiger partial charge in [0.2, 0.25) is 5.95 Å². The molecule has 0 bridgehead atoms. The quantitative estimate of drug-likeness (QED) is 0.646. The SMILES string of the molecule is CCN=C(NC1CC1c1c(F)cccc1F)N1CCN(c2ncccn2)CC1. The Kier molecular flexibility index (Phi) is 5.36. The second kappa shape index (κ2) is 8.08. The zero-order valence-corrected chi connectivity index (χ0v) is 15.9. The fourth-order valence-electron chi connectivity index (χ4n) is 3.66. The highest BCUT2D eigenvalue weighted by molar-refractivity contribution is 5.81. The first-order chi connectivity index (χ1) is 13.7. The molecule has 0 amide bonds. The van der Waals surface area contributed by atoms with Crippen LogP contribution in [0.3, 0.4) is 0 Å². The van der Waals surface area contributed by atoms with Gasteiger partial charge in [-0.25, -0.2) is 18.7 Å². The predicted molar refractivity (Wildman–Crippen MR) is 104 cm³/mol. The molecule has 2 aliphatic rings. The van der Waals surface area contributed by atoms with Gasteiger partial charge < -0.3 is 15.1 Å². The van der Waals surface area contributed by atoms with Gasteiger partial charge in [0.25, 0.3) is 0 Å². The van der Waals surface area contributed by atoms with Gasteiger partial charge in [-0.3, -0.25) is 4.99 Å². The predicted octanol–water partition coefficient (Wildman–Crippen LogP) is 2.40. The van der Waals surface area contributed by atoms with Crippen LogP contribution >= 0.6 is 0 Å². The lowest BCUT2D eigenvalue weighted by atomic mass is 10.1. The van der Waals surface area contributed by atoms with Crippen molar-refractivity contribution in [2.24, 2.45) is 4.99 Å². The van der Waals surface area contributed by atoms with E-state index in [1.54, 1.807) is 18.5 Å². The normalized spacial score (nSPS) is 22.3. The molecule has 2 fully saturated rings. The Morgan fingerprint density at radius 3 is 2.43 bits per heavy atom. The highest BCUT2D eigenvalue weighted by Gasteiger charge is 2.43. The van der Waals surface area contributed by atoms with Gasteiger partial charge in [0.1, 0.15) is 11.6 Å². The van der Waals surface area contributed by atoms with Crippen LogP contribution in [0.1, 0.15) is 24.8 Å². The van der Waals surface area contributed by atoms with Crippen LogP contribution in [0.2, 0.25) is 0 Å². The minimum Gasteiger partial charge on any atom is -0.353 e. The molecule has 0 spiro atoms. The fourth-order valence-corrected chi connectivity index (χ4v) is 3.66. The Morgan fingerprint density at radius 2 is 1.79 bits per heavy atom. The van der Waals surface area contributed by atoms with Crippen LogP contribution in [-0.4, -0.2) is 59.6 Å². The van der Waals surface area contributed by atoms with E-state index in [9.17, 15) is 8.78 Å². The molecule has 0 radical (unpaired) electrons. The smallest absolute Gasteiger partial charge is 0.225 e. The van der Waals surface area contributed by atoms with Crippen molar-refractivity contribution in [1.29, 1.82) is 0 Å². The second-order valence-corrected chi connectivity index (χ2v) is 7.05. The third kappa shape index (κ3) is 3.90. The average molecular weight is 386 g/mol. The topological polar surface area (TPSA) is 56.7 Å². The zero-order valence-electron chi connectivity index (χ0n) is 15.9. The molecule has 148 valence electrons. The van der Waals surface area contributed by atoms with E-state index < -0.39 is 11.6 Å². The van der Waals surface area contributed by atoms with E-state index in [4.69, 9.17) is 0 Å². The summed E-state index contributed by atoms with van der Waals surface area (Å²) in [6.07, 6.45) is 4.20. The van der Waals surface area contributed by atoms with Gasteiger partial charge in [-0.2, -0.15) is 0 Å². The van der Waals surface area contributed by atoms with Crippen LogP contribution in [0.5, 0.6) is 0 Å². The number of aliphatic imine (C=N–C) groups is 1. The van der Waals surface area contributed by atoms with Crippen LogP contribution < -0.4 is 10.2 Å². The first-order valence-corrected chi connectivity index (χ1v) is 9.69. The molecular weight excluding hydrogens is 362 g/mol. The molecule has 8 heteroatoms. The molecule has 28 heavy (non-hydrogen) atoms. The second-order valence-electron chi connectivity index (χ2n) is 7.05. The van der Waals surface area contributed by atoms with Gasteiger partial charge in [0, 0.05) is 62.6 Å². The van der Waals surface area contributed by atoms with Gasteiger partial charge in [0.05, 0.1) is 0 Å². The lowest BCUT2D eigenvalue weighted by Crippen LogP contribution is -2.53. The Hall–Kier alpha value is -2.77. The minimum atomic E-state index is -0.472. The number of aromatic nitrogens is 2. The fraction of sp³-hybridized carbons (Fsp3) is 0.450. The Labute approximate surface area is 163 Å². The van der Waals surface area contributed by atoms with E-state index >= 15 is 0 Å². The van der Waals surface area contributed by atoms with Crippen LogP contribution in [0.4, 0.5) is 14.7 Å². The molecule has 2 heterocycles. The number of hydrogen-bond donors (Lipinski definition) is 1. The number of hydrogen-bond acceptors (Lipinski definition) is 4. The van der Waals surface area contributed by atoms with Crippen molar-refractivity contribution in [3.8, 4) is 0 Å². The summed E-state index contributed by atoms with van der Waals surface area (Å²) in [5, 5.41) is 3.41. The Balaban J connectivity index is 1.38. The molecule has 1 saturated carbocycles. The highest BCUT2D eigenvalue weighted by Crippen LogP contribution is 2.43. The summed E-state index contributed by atoms with van der Waals surface area (Å²) in [5.41, 5.74) is 0.182. The molecular formula is C20H24F2N6. The number of anilines is 1. The highest BCUT2D eigenvalue weighted by atomic mass is 19.1. The van der Waals surface area contributed by atoms with E-state index in [1.165, 1.54) is 18.2 Å². The van der Waals surface area contributed by atoms with Gasteiger partial charge in [-0.05, 0) is 31.5 Å². The summed E-state index contributed by atoms with van der Waals surface area (Å²) >= 11 is 0. The van der Waals surface area contributed by atoms with E-state index in [2.05, 4.69) is 30.1 Å². The maximum absolute atomic E-state index is 14.0. The molecule has 1 aliphatic heterocycles. The largest absolute Gasteiger partial charge is 0.353 e. The first-order valence-electron chi connectivity index (χ1n) is 9.69. The van der Waals surface area contributed by atoms with Crippen molar-refractivity contribution in [2.45, 2.75) is 25.3 Å². The molecule has 2 aromatic rings. The van der Waals surface area contributed by atoms with Crippen LogP contribution in [-0.2, 0) is 0 Å². The van der Waals surface area contributed by atoms with Crippen molar-refractivity contribution in [3.63, 3.8) is 0 Å². The van der Waals surface area contributed by atoms with Gasteiger partial charge in [-0.15, -0.1) is 0 Å². The summed E-state index contributed by atoms with van der Waals surface area (Å²) in [4.78, 5) is 17.5. The summed E-state index contributed by atoms with van der Waals surface area (Å²) in [5.74, 6) is 0.448. The number of halogens is 2. The first kappa shape index (κ1) is 18.6. The average Bonchev–Trinajstić information content (AvgIpc) is 3.47. The van der Waals surface area contributed by atoms with Crippen molar-refractivity contribution < 1.29 is 8.78 Å². The van der Waals surface area contributed by atoms with Gasteiger partial charge >= 0.3 is 0 Å². The van der Waals surface area contributed by atoms with Gasteiger partial charge in [0.15, 0.2) is 5.96 Å². The van der Waals surface area contributed by atoms with E-state index in [0.717, 1.165) is 38.1 Å². The maximum atomic E-state index is 14.0. The van der Waals surface area contributed by atoms with Crippen molar-refractivity contribution >= 4 is 11.9 Å².